The Bertz CT molecular complexity index is 1380. The third-order valence-electron chi connectivity index (χ3n) is 5.99. The minimum absolute atomic E-state index is 0.0584. The zero-order valence-corrected chi connectivity index (χ0v) is 21.5. The van der Waals surface area contributed by atoms with Crippen molar-refractivity contribution >= 4 is 63.1 Å². The number of likely N-dealkylation sites (N-methyl/N-ethyl adjacent to an activating group) is 1. The first-order valence-electron chi connectivity index (χ1n) is 11.0. The molecule has 0 N–H and O–H groups in total. The summed E-state index contributed by atoms with van der Waals surface area (Å²) < 4.78 is -0.265. The van der Waals surface area contributed by atoms with Crippen LogP contribution in [-0.4, -0.2) is 44.2 Å². The number of allylic oxidation sites excluding steroid dienone is 2. The molecule has 0 aliphatic carbocycles. The molecule has 0 saturated heterocycles. The molecule has 180 valence electrons. The van der Waals surface area contributed by atoms with Crippen molar-refractivity contribution in [3.05, 3.63) is 94.8 Å². The van der Waals surface area contributed by atoms with Crippen LogP contribution in [0.1, 0.15) is 29.4 Å². The van der Waals surface area contributed by atoms with Crippen molar-refractivity contribution in [2.24, 2.45) is 0 Å². The average Bonchev–Trinajstić information content (AvgIpc) is 3.18. The van der Waals surface area contributed by atoms with E-state index >= 15 is 0 Å². The van der Waals surface area contributed by atoms with Crippen LogP contribution >= 0.6 is 34.8 Å². The number of halogens is 3. The minimum atomic E-state index is -2.22. The second-order valence-corrected chi connectivity index (χ2v) is 10.8. The molecule has 35 heavy (non-hydrogen) atoms. The number of rotatable bonds is 7. The molecule has 8 heteroatoms. The number of nitrogens with zero attached hydrogens (tertiary/aromatic N) is 2. The maximum atomic E-state index is 13.7. The van der Waals surface area contributed by atoms with Crippen molar-refractivity contribution in [2.45, 2.75) is 23.7 Å². The third kappa shape index (κ3) is 5.37. The quantitative estimate of drug-likeness (QED) is 0.282. The summed E-state index contributed by atoms with van der Waals surface area (Å²) in [5, 5.41) is 0.920. The summed E-state index contributed by atoms with van der Waals surface area (Å²) in [6.07, 6.45) is 1.35. The summed E-state index contributed by atoms with van der Waals surface area (Å²) >= 11 is 17.7. The van der Waals surface area contributed by atoms with Gasteiger partial charge in [0.15, 0.2) is 11.6 Å². The number of alkyl halides is 3. The maximum Gasteiger partial charge on any atom is 0.253 e. The number of carbonyl (C=O) groups excluding carboxylic acids is 3. The van der Waals surface area contributed by atoms with Gasteiger partial charge in [0, 0.05) is 54.8 Å². The normalized spacial score (nSPS) is 14.3. The summed E-state index contributed by atoms with van der Waals surface area (Å²) in [6, 6.07) is 19.4. The molecule has 0 spiro atoms. The SMILES string of the molecule is CC(=O)C1=C(CC(=O)c2cc3ccccc3n2Cc2ccccc2)C(C(=O)C(Cl)(Cl)Cl)=CN(C)C1. The molecule has 0 fully saturated rings. The smallest absolute Gasteiger partial charge is 0.253 e. The van der Waals surface area contributed by atoms with Crippen molar-refractivity contribution in [1.82, 2.24) is 9.47 Å². The number of hydrogen-bond acceptors (Lipinski definition) is 4. The molecule has 0 atom stereocenters. The molecule has 1 aromatic heterocycles. The van der Waals surface area contributed by atoms with Crippen LogP contribution in [0.4, 0.5) is 0 Å². The number of Topliss-reactive ketones (excluding diaryl/α,β-unsaturated/α-hetero) is 3. The van der Waals surface area contributed by atoms with Gasteiger partial charge in [0.05, 0.1) is 5.69 Å². The van der Waals surface area contributed by atoms with Crippen LogP contribution < -0.4 is 0 Å². The summed E-state index contributed by atoms with van der Waals surface area (Å²) in [4.78, 5) is 40.9. The van der Waals surface area contributed by atoms with Crippen LogP contribution in [-0.2, 0) is 16.1 Å². The Morgan fingerprint density at radius 2 is 1.63 bits per heavy atom. The highest BCUT2D eigenvalue weighted by Gasteiger charge is 2.38. The molecule has 1 aliphatic rings. The summed E-state index contributed by atoms with van der Waals surface area (Å²) in [6.45, 7) is 2.15. The Morgan fingerprint density at radius 1 is 0.971 bits per heavy atom. The van der Waals surface area contributed by atoms with Gasteiger partial charge in [0.2, 0.25) is 5.78 Å². The van der Waals surface area contributed by atoms with Crippen LogP contribution in [0.15, 0.2) is 83.6 Å². The number of fused-ring (bicyclic) bond motifs is 1. The van der Waals surface area contributed by atoms with Crippen molar-refractivity contribution in [1.29, 1.82) is 0 Å². The number of para-hydroxylation sites is 1. The molecule has 0 unspecified atom stereocenters. The lowest BCUT2D eigenvalue weighted by Crippen LogP contribution is -2.32. The highest BCUT2D eigenvalue weighted by Crippen LogP contribution is 2.37. The van der Waals surface area contributed by atoms with Crippen molar-refractivity contribution in [3.63, 3.8) is 0 Å². The Balaban J connectivity index is 1.79. The van der Waals surface area contributed by atoms with Crippen LogP contribution in [0.2, 0.25) is 0 Å². The predicted molar refractivity (Wildman–Crippen MR) is 140 cm³/mol. The van der Waals surface area contributed by atoms with E-state index in [9.17, 15) is 14.4 Å². The fourth-order valence-corrected chi connectivity index (χ4v) is 4.66. The molecular formula is C27H23Cl3N2O3. The molecule has 0 saturated carbocycles. The Labute approximate surface area is 218 Å². The number of aromatic nitrogens is 1. The Hall–Kier alpha value is -2.86. The van der Waals surface area contributed by atoms with Crippen LogP contribution in [0.5, 0.6) is 0 Å². The number of hydrogen-bond donors (Lipinski definition) is 0. The van der Waals surface area contributed by atoms with E-state index in [4.69, 9.17) is 34.8 Å². The largest absolute Gasteiger partial charge is 0.375 e. The Kier molecular flexibility index (Phi) is 7.22. The van der Waals surface area contributed by atoms with E-state index in [0.29, 0.717) is 23.4 Å². The van der Waals surface area contributed by atoms with Gasteiger partial charge in [-0.3, -0.25) is 14.4 Å². The molecule has 5 nitrogen and oxygen atoms in total. The monoisotopic (exact) mass is 528 g/mol. The lowest BCUT2D eigenvalue weighted by atomic mass is 9.88. The minimum Gasteiger partial charge on any atom is -0.375 e. The zero-order chi connectivity index (χ0) is 25.3. The van der Waals surface area contributed by atoms with Gasteiger partial charge in [0.1, 0.15) is 0 Å². The van der Waals surface area contributed by atoms with E-state index in [1.807, 2.05) is 65.2 Å². The first-order valence-corrected chi connectivity index (χ1v) is 12.1. The number of benzene rings is 2. The number of ketones is 3. The number of carbonyl (C=O) groups is 3. The maximum absolute atomic E-state index is 13.7. The van der Waals surface area contributed by atoms with E-state index in [1.165, 1.54) is 13.1 Å². The van der Waals surface area contributed by atoms with Gasteiger partial charge in [0.25, 0.3) is 3.79 Å². The van der Waals surface area contributed by atoms with Gasteiger partial charge < -0.3 is 9.47 Å². The van der Waals surface area contributed by atoms with Gasteiger partial charge in [-0.1, -0.05) is 83.3 Å². The van der Waals surface area contributed by atoms with Gasteiger partial charge >= 0.3 is 0 Å². The molecule has 3 aromatic rings. The van der Waals surface area contributed by atoms with Crippen molar-refractivity contribution in [3.8, 4) is 0 Å². The first kappa shape index (κ1) is 25.2. The van der Waals surface area contributed by atoms with Crippen molar-refractivity contribution < 1.29 is 14.4 Å². The molecule has 2 aromatic carbocycles. The lowest BCUT2D eigenvalue weighted by molar-refractivity contribution is -0.114. The highest BCUT2D eigenvalue weighted by atomic mass is 35.6. The fourth-order valence-electron chi connectivity index (χ4n) is 4.35. The van der Waals surface area contributed by atoms with Crippen LogP contribution in [0.3, 0.4) is 0 Å². The van der Waals surface area contributed by atoms with E-state index in [2.05, 4.69) is 0 Å². The third-order valence-corrected chi connectivity index (χ3v) is 6.51. The molecule has 2 heterocycles. The van der Waals surface area contributed by atoms with E-state index < -0.39 is 9.58 Å². The van der Waals surface area contributed by atoms with Crippen molar-refractivity contribution in [2.75, 3.05) is 13.6 Å². The fraction of sp³-hybridized carbons (Fsp3) is 0.222. The van der Waals surface area contributed by atoms with Gasteiger partial charge in [-0.05, 0) is 30.2 Å². The van der Waals surface area contributed by atoms with Crippen LogP contribution in [0, 0.1) is 0 Å². The molecule has 0 radical (unpaired) electrons. The summed E-state index contributed by atoms with van der Waals surface area (Å²) in [5.74, 6) is -1.26. The molecule has 0 bridgehead atoms. The second kappa shape index (κ2) is 10.0. The van der Waals surface area contributed by atoms with Crippen LogP contribution in [0.25, 0.3) is 10.9 Å². The van der Waals surface area contributed by atoms with E-state index in [1.54, 1.807) is 11.9 Å². The molecule has 4 rings (SSSR count). The Morgan fingerprint density at radius 3 is 2.29 bits per heavy atom. The predicted octanol–water partition coefficient (Wildman–Crippen LogP) is 5.92. The van der Waals surface area contributed by atoms with Gasteiger partial charge in [-0.2, -0.15) is 0 Å². The van der Waals surface area contributed by atoms with Gasteiger partial charge in [-0.15, -0.1) is 0 Å². The average molecular weight is 530 g/mol. The standard InChI is InChI=1S/C27H23Cl3N2O3/c1-17(33)21-15-31(2)16-22(26(35)27(28,29)30)20(21)13-25(34)24-12-19-10-6-7-11-23(19)32(24)14-18-8-4-3-5-9-18/h3-12,16H,13-15H2,1-2H3. The molecule has 0 amide bonds. The summed E-state index contributed by atoms with van der Waals surface area (Å²) in [5.41, 5.74) is 3.14. The molecule has 1 aliphatic heterocycles. The zero-order valence-electron chi connectivity index (χ0n) is 19.2. The summed E-state index contributed by atoms with van der Waals surface area (Å²) in [7, 11) is 1.71. The van der Waals surface area contributed by atoms with E-state index in [-0.39, 0.29) is 30.1 Å². The molecular weight excluding hydrogens is 507 g/mol. The van der Waals surface area contributed by atoms with E-state index in [0.717, 1.165) is 16.5 Å². The first-order chi connectivity index (χ1) is 16.6. The topological polar surface area (TPSA) is 59.4 Å². The lowest BCUT2D eigenvalue weighted by Gasteiger charge is -2.28. The van der Waals surface area contributed by atoms with Gasteiger partial charge in [-0.25, -0.2) is 0 Å². The second-order valence-electron chi connectivity index (χ2n) is 8.56. The highest BCUT2D eigenvalue weighted by molar-refractivity contribution is 6.77.